The van der Waals surface area contributed by atoms with Crippen LogP contribution in [-0.4, -0.2) is 6.61 Å². The summed E-state index contributed by atoms with van der Waals surface area (Å²) in [4.78, 5) is 0. The van der Waals surface area contributed by atoms with Crippen molar-refractivity contribution in [2.45, 2.75) is 39.7 Å². The SMILES string of the molecule is CC(C)(C#N)CCCCOCc1ccc(Cl)cc1. The van der Waals surface area contributed by atoms with Crippen molar-refractivity contribution in [1.82, 2.24) is 0 Å². The van der Waals surface area contributed by atoms with E-state index < -0.39 is 0 Å². The van der Waals surface area contributed by atoms with Crippen LogP contribution in [0.1, 0.15) is 38.7 Å². The fourth-order valence-corrected chi connectivity index (χ4v) is 1.72. The Morgan fingerprint density at radius 2 is 1.89 bits per heavy atom. The lowest BCUT2D eigenvalue weighted by atomic mass is 9.89. The summed E-state index contributed by atoms with van der Waals surface area (Å²) in [5.74, 6) is 0. The van der Waals surface area contributed by atoms with E-state index in [1.54, 1.807) is 0 Å². The zero-order valence-electron chi connectivity index (χ0n) is 11.1. The van der Waals surface area contributed by atoms with Gasteiger partial charge < -0.3 is 4.74 Å². The first-order chi connectivity index (χ1) is 8.53. The molecule has 0 N–H and O–H groups in total. The molecule has 0 atom stereocenters. The summed E-state index contributed by atoms with van der Waals surface area (Å²) in [6, 6.07) is 10.00. The van der Waals surface area contributed by atoms with Crippen LogP contribution in [0.2, 0.25) is 5.02 Å². The molecule has 18 heavy (non-hydrogen) atoms. The highest BCUT2D eigenvalue weighted by molar-refractivity contribution is 6.30. The van der Waals surface area contributed by atoms with Crippen LogP contribution in [-0.2, 0) is 11.3 Å². The average molecular weight is 266 g/mol. The van der Waals surface area contributed by atoms with Gasteiger partial charge in [-0.05, 0) is 50.8 Å². The zero-order chi connectivity index (χ0) is 13.4. The fraction of sp³-hybridized carbons (Fsp3) is 0.533. The second kappa shape index (κ2) is 7.41. The molecule has 0 aliphatic rings. The lowest BCUT2D eigenvalue weighted by molar-refractivity contribution is 0.115. The highest BCUT2D eigenvalue weighted by atomic mass is 35.5. The molecule has 98 valence electrons. The maximum absolute atomic E-state index is 8.88. The van der Waals surface area contributed by atoms with E-state index in [9.17, 15) is 0 Å². The Kier molecular flexibility index (Phi) is 6.18. The van der Waals surface area contributed by atoms with Crippen LogP contribution in [0.25, 0.3) is 0 Å². The van der Waals surface area contributed by atoms with Crippen molar-refractivity contribution >= 4 is 11.6 Å². The first-order valence-corrected chi connectivity index (χ1v) is 6.65. The summed E-state index contributed by atoms with van der Waals surface area (Å²) in [5.41, 5.74) is 0.924. The van der Waals surface area contributed by atoms with Crippen LogP contribution in [0, 0.1) is 16.7 Å². The summed E-state index contributed by atoms with van der Waals surface area (Å²) in [6.07, 6.45) is 2.95. The smallest absolute Gasteiger partial charge is 0.0716 e. The lowest BCUT2D eigenvalue weighted by Crippen LogP contribution is -2.07. The Bertz CT molecular complexity index is 392. The van der Waals surface area contributed by atoms with Gasteiger partial charge >= 0.3 is 0 Å². The molecular formula is C15H20ClNO. The molecule has 0 aromatic heterocycles. The van der Waals surface area contributed by atoms with Crippen molar-refractivity contribution in [1.29, 1.82) is 5.26 Å². The number of rotatable bonds is 7. The predicted molar refractivity (Wildman–Crippen MR) is 74.4 cm³/mol. The van der Waals surface area contributed by atoms with Gasteiger partial charge in [-0.3, -0.25) is 0 Å². The van der Waals surface area contributed by atoms with E-state index in [1.165, 1.54) is 0 Å². The lowest BCUT2D eigenvalue weighted by Gasteiger charge is -2.14. The van der Waals surface area contributed by atoms with Crippen LogP contribution in [0.5, 0.6) is 0 Å². The molecule has 0 aliphatic carbocycles. The maximum Gasteiger partial charge on any atom is 0.0716 e. The van der Waals surface area contributed by atoms with Crippen molar-refractivity contribution in [3.63, 3.8) is 0 Å². The summed E-state index contributed by atoms with van der Waals surface area (Å²) in [6.45, 7) is 5.31. The first kappa shape index (κ1) is 15.0. The number of hydrogen-bond acceptors (Lipinski definition) is 2. The maximum atomic E-state index is 8.88. The van der Waals surface area contributed by atoms with Crippen molar-refractivity contribution in [3.05, 3.63) is 34.9 Å². The van der Waals surface area contributed by atoms with Gasteiger partial charge in [0.2, 0.25) is 0 Å². The molecule has 0 heterocycles. The summed E-state index contributed by atoms with van der Waals surface area (Å²) in [5, 5.41) is 9.62. The molecule has 1 aromatic carbocycles. The summed E-state index contributed by atoms with van der Waals surface area (Å²) in [7, 11) is 0. The number of benzene rings is 1. The first-order valence-electron chi connectivity index (χ1n) is 6.27. The largest absolute Gasteiger partial charge is 0.377 e. The molecule has 1 rings (SSSR count). The molecule has 0 saturated heterocycles. The Morgan fingerprint density at radius 3 is 2.50 bits per heavy atom. The molecule has 3 heteroatoms. The molecule has 2 nitrogen and oxygen atoms in total. The van der Waals surface area contributed by atoms with Crippen molar-refractivity contribution in [3.8, 4) is 6.07 Å². The van der Waals surface area contributed by atoms with E-state index in [-0.39, 0.29) is 5.41 Å². The van der Waals surface area contributed by atoms with Crippen LogP contribution < -0.4 is 0 Å². The minimum atomic E-state index is -0.212. The summed E-state index contributed by atoms with van der Waals surface area (Å²) >= 11 is 5.80. The molecule has 0 aliphatic heterocycles. The molecule has 0 bridgehead atoms. The van der Waals surface area contributed by atoms with Gasteiger partial charge in [0.25, 0.3) is 0 Å². The quantitative estimate of drug-likeness (QED) is 0.676. The molecular weight excluding hydrogens is 246 g/mol. The predicted octanol–water partition coefficient (Wildman–Crippen LogP) is 4.58. The number of nitrogens with zero attached hydrogens (tertiary/aromatic N) is 1. The van der Waals surface area contributed by atoms with Crippen LogP contribution in [0.4, 0.5) is 0 Å². The third-order valence-corrected chi connectivity index (χ3v) is 3.08. The van der Waals surface area contributed by atoms with E-state index in [0.29, 0.717) is 6.61 Å². The highest BCUT2D eigenvalue weighted by Crippen LogP contribution is 2.21. The molecule has 0 spiro atoms. The topological polar surface area (TPSA) is 33.0 Å². The van der Waals surface area contributed by atoms with E-state index in [0.717, 1.165) is 36.5 Å². The Hall–Kier alpha value is -1.04. The van der Waals surface area contributed by atoms with E-state index in [2.05, 4.69) is 6.07 Å². The van der Waals surface area contributed by atoms with E-state index >= 15 is 0 Å². The van der Waals surface area contributed by atoms with Gasteiger partial charge in [-0.15, -0.1) is 0 Å². The number of ether oxygens (including phenoxy) is 1. The number of unbranched alkanes of at least 4 members (excludes halogenated alkanes) is 1. The summed E-state index contributed by atoms with van der Waals surface area (Å²) < 4.78 is 5.58. The van der Waals surface area contributed by atoms with E-state index in [4.69, 9.17) is 21.6 Å². The van der Waals surface area contributed by atoms with Crippen molar-refractivity contribution < 1.29 is 4.74 Å². The van der Waals surface area contributed by atoms with Gasteiger partial charge in [0.05, 0.1) is 18.1 Å². The number of halogens is 1. The number of hydrogen-bond donors (Lipinski definition) is 0. The number of nitriles is 1. The Morgan fingerprint density at radius 1 is 1.22 bits per heavy atom. The van der Waals surface area contributed by atoms with Crippen LogP contribution in [0.3, 0.4) is 0 Å². The molecule has 0 fully saturated rings. The van der Waals surface area contributed by atoms with Crippen molar-refractivity contribution in [2.75, 3.05) is 6.61 Å². The van der Waals surface area contributed by atoms with Crippen LogP contribution >= 0.6 is 11.6 Å². The second-order valence-corrected chi connectivity index (χ2v) is 5.57. The van der Waals surface area contributed by atoms with Gasteiger partial charge in [-0.2, -0.15) is 5.26 Å². The fourth-order valence-electron chi connectivity index (χ4n) is 1.60. The van der Waals surface area contributed by atoms with Gasteiger partial charge in [0.15, 0.2) is 0 Å². The third kappa shape index (κ3) is 6.05. The highest BCUT2D eigenvalue weighted by Gasteiger charge is 2.15. The minimum absolute atomic E-state index is 0.212. The third-order valence-electron chi connectivity index (χ3n) is 2.83. The molecule has 1 aromatic rings. The standard InChI is InChI=1S/C15H20ClNO/c1-15(2,12-17)9-3-4-10-18-11-13-5-7-14(16)8-6-13/h5-8H,3-4,9-11H2,1-2H3. The van der Waals surface area contributed by atoms with Gasteiger partial charge in [0, 0.05) is 11.6 Å². The van der Waals surface area contributed by atoms with Gasteiger partial charge in [-0.1, -0.05) is 23.7 Å². The molecule has 0 amide bonds. The Balaban J connectivity index is 2.09. The van der Waals surface area contributed by atoms with Crippen LogP contribution in [0.15, 0.2) is 24.3 Å². The monoisotopic (exact) mass is 265 g/mol. The molecule has 0 unspecified atom stereocenters. The van der Waals surface area contributed by atoms with Crippen molar-refractivity contribution in [2.24, 2.45) is 5.41 Å². The van der Waals surface area contributed by atoms with E-state index in [1.807, 2.05) is 38.1 Å². The molecule has 0 radical (unpaired) electrons. The molecule has 0 saturated carbocycles. The minimum Gasteiger partial charge on any atom is -0.377 e. The Labute approximate surface area is 115 Å². The zero-order valence-corrected chi connectivity index (χ0v) is 11.8. The average Bonchev–Trinajstić information content (AvgIpc) is 2.36. The van der Waals surface area contributed by atoms with Gasteiger partial charge in [-0.25, -0.2) is 0 Å². The second-order valence-electron chi connectivity index (χ2n) is 5.13. The normalized spacial score (nSPS) is 11.2. The van der Waals surface area contributed by atoms with Gasteiger partial charge in [0.1, 0.15) is 0 Å².